The quantitative estimate of drug-likeness (QED) is 0.594. The molecule has 2 aromatic heterocycles. The molecule has 0 spiro atoms. The van der Waals surface area contributed by atoms with Crippen molar-refractivity contribution in [2.24, 2.45) is 0 Å². The summed E-state index contributed by atoms with van der Waals surface area (Å²) in [7, 11) is -1.83. The SMILES string of the molecule is Cc1oc(-c2nc(C#N)c(N(C)Cc3ccccc3)o2)cc1S(=O)(=O)N1CCCC1. The van der Waals surface area contributed by atoms with Crippen LogP contribution in [0.4, 0.5) is 5.88 Å². The van der Waals surface area contributed by atoms with Crippen molar-refractivity contribution in [1.29, 1.82) is 5.26 Å². The second-order valence-corrected chi connectivity index (χ2v) is 9.17. The van der Waals surface area contributed by atoms with E-state index in [1.165, 1.54) is 10.4 Å². The van der Waals surface area contributed by atoms with Crippen LogP contribution in [0.25, 0.3) is 11.7 Å². The Bertz CT molecular complexity index is 1190. The lowest BCUT2D eigenvalue weighted by Gasteiger charge is -2.15. The van der Waals surface area contributed by atoms with E-state index in [0.29, 0.717) is 25.5 Å². The summed E-state index contributed by atoms with van der Waals surface area (Å²) in [4.78, 5) is 6.11. The second-order valence-electron chi connectivity index (χ2n) is 7.27. The zero-order valence-electron chi connectivity index (χ0n) is 16.8. The third kappa shape index (κ3) is 3.72. The summed E-state index contributed by atoms with van der Waals surface area (Å²) in [6.45, 7) is 3.14. The van der Waals surface area contributed by atoms with Gasteiger partial charge in [0.2, 0.25) is 21.6 Å². The maximum Gasteiger partial charge on any atom is 0.266 e. The molecule has 9 heteroatoms. The Morgan fingerprint density at radius 3 is 2.57 bits per heavy atom. The number of rotatable bonds is 6. The predicted molar refractivity (Wildman–Crippen MR) is 110 cm³/mol. The first-order valence-electron chi connectivity index (χ1n) is 9.67. The van der Waals surface area contributed by atoms with E-state index in [2.05, 4.69) is 4.98 Å². The van der Waals surface area contributed by atoms with Crippen molar-refractivity contribution in [2.75, 3.05) is 25.0 Å². The maximum absolute atomic E-state index is 12.9. The first-order chi connectivity index (χ1) is 14.4. The molecule has 0 saturated carbocycles. The third-order valence-corrected chi connectivity index (χ3v) is 7.10. The fraction of sp³-hybridized carbons (Fsp3) is 0.333. The van der Waals surface area contributed by atoms with E-state index < -0.39 is 10.0 Å². The van der Waals surface area contributed by atoms with Crippen LogP contribution < -0.4 is 4.90 Å². The monoisotopic (exact) mass is 426 g/mol. The molecule has 4 rings (SSSR count). The number of nitriles is 1. The van der Waals surface area contributed by atoms with E-state index in [-0.39, 0.29) is 28.0 Å². The third-order valence-electron chi connectivity index (χ3n) is 5.09. The van der Waals surface area contributed by atoms with Gasteiger partial charge in [-0.25, -0.2) is 8.42 Å². The van der Waals surface area contributed by atoms with Crippen molar-refractivity contribution in [3.8, 4) is 17.7 Å². The Morgan fingerprint density at radius 1 is 1.20 bits per heavy atom. The van der Waals surface area contributed by atoms with Gasteiger partial charge in [-0.3, -0.25) is 0 Å². The minimum absolute atomic E-state index is 0.0763. The molecule has 8 nitrogen and oxygen atoms in total. The lowest BCUT2D eigenvalue weighted by Crippen LogP contribution is -2.27. The van der Waals surface area contributed by atoms with Gasteiger partial charge in [0.15, 0.2) is 5.76 Å². The van der Waals surface area contributed by atoms with Gasteiger partial charge in [-0.2, -0.15) is 14.6 Å². The number of aromatic nitrogens is 1. The molecule has 0 atom stereocenters. The molecule has 0 bridgehead atoms. The highest BCUT2D eigenvalue weighted by atomic mass is 32.2. The van der Waals surface area contributed by atoms with Gasteiger partial charge in [-0.1, -0.05) is 30.3 Å². The van der Waals surface area contributed by atoms with Crippen molar-refractivity contribution < 1.29 is 17.3 Å². The molecule has 1 aliphatic heterocycles. The minimum Gasteiger partial charge on any atom is -0.455 e. The number of aryl methyl sites for hydroxylation is 1. The van der Waals surface area contributed by atoms with Gasteiger partial charge in [-0.05, 0) is 25.3 Å². The molecule has 0 aliphatic carbocycles. The van der Waals surface area contributed by atoms with Gasteiger partial charge < -0.3 is 13.7 Å². The Balaban J connectivity index is 1.65. The van der Waals surface area contributed by atoms with E-state index in [4.69, 9.17) is 8.83 Å². The van der Waals surface area contributed by atoms with Crippen molar-refractivity contribution in [2.45, 2.75) is 31.2 Å². The number of furan rings is 1. The van der Waals surface area contributed by atoms with Crippen LogP contribution in [0, 0.1) is 18.3 Å². The van der Waals surface area contributed by atoms with Crippen LogP contribution in [-0.4, -0.2) is 37.8 Å². The first-order valence-corrected chi connectivity index (χ1v) is 11.1. The predicted octanol–water partition coefficient (Wildman–Crippen LogP) is 3.54. The molecular formula is C21H22N4O4S. The Morgan fingerprint density at radius 2 is 1.90 bits per heavy atom. The van der Waals surface area contributed by atoms with Gasteiger partial charge >= 0.3 is 0 Å². The number of benzene rings is 1. The van der Waals surface area contributed by atoms with Crippen LogP contribution in [0.3, 0.4) is 0 Å². The maximum atomic E-state index is 12.9. The van der Waals surface area contributed by atoms with Crippen LogP contribution in [0.5, 0.6) is 0 Å². The number of anilines is 1. The first kappa shape index (κ1) is 20.2. The molecular weight excluding hydrogens is 404 g/mol. The summed E-state index contributed by atoms with van der Waals surface area (Å²) in [6.07, 6.45) is 1.71. The van der Waals surface area contributed by atoms with Gasteiger partial charge in [0.1, 0.15) is 16.7 Å². The van der Waals surface area contributed by atoms with Crippen molar-refractivity contribution >= 4 is 15.9 Å². The van der Waals surface area contributed by atoms with Crippen LogP contribution in [-0.2, 0) is 16.6 Å². The Kier molecular flexibility index (Phi) is 5.37. The van der Waals surface area contributed by atoms with Crippen molar-refractivity contribution in [1.82, 2.24) is 9.29 Å². The summed E-state index contributed by atoms with van der Waals surface area (Å²) >= 11 is 0. The fourth-order valence-corrected chi connectivity index (χ4v) is 5.25. The van der Waals surface area contributed by atoms with E-state index in [9.17, 15) is 13.7 Å². The highest BCUT2D eigenvalue weighted by molar-refractivity contribution is 7.89. The van der Waals surface area contributed by atoms with E-state index >= 15 is 0 Å². The zero-order chi connectivity index (χ0) is 21.3. The van der Waals surface area contributed by atoms with Crippen LogP contribution >= 0.6 is 0 Å². The molecule has 0 N–H and O–H groups in total. The van der Waals surface area contributed by atoms with Crippen LogP contribution in [0.2, 0.25) is 0 Å². The number of oxazole rings is 1. The summed E-state index contributed by atoms with van der Waals surface area (Å²) in [5.41, 5.74) is 1.16. The normalized spacial score (nSPS) is 14.7. The molecule has 3 heterocycles. The lowest BCUT2D eigenvalue weighted by atomic mass is 10.2. The number of hydrogen-bond acceptors (Lipinski definition) is 7. The zero-order valence-corrected chi connectivity index (χ0v) is 17.6. The smallest absolute Gasteiger partial charge is 0.266 e. The molecule has 156 valence electrons. The van der Waals surface area contributed by atoms with E-state index in [1.807, 2.05) is 36.4 Å². The highest BCUT2D eigenvalue weighted by Gasteiger charge is 2.32. The van der Waals surface area contributed by atoms with Gasteiger partial charge in [-0.15, -0.1) is 0 Å². The average molecular weight is 426 g/mol. The summed E-state index contributed by atoms with van der Waals surface area (Å²) < 4.78 is 38.7. The molecule has 30 heavy (non-hydrogen) atoms. The number of sulfonamides is 1. The van der Waals surface area contributed by atoms with Gasteiger partial charge in [0.25, 0.3) is 5.89 Å². The summed E-state index contributed by atoms with van der Waals surface area (Å²) in [6, 6.07) is 13.2. The molecule has 1 aliphatic rings. The average Bonchev–Trinajstić information content (AvgIpc) is 3.48. The molecule has 1 fully saturated rings. The van der Waals surface area contributed by atoms with Gasteiger partial charge in [0.05, 0.1) is 0 Å². The minimum atomic E-state index is -3.63. The Hall–Kier alpha value is -3.09. The molecule has 3 aromatic rings. The number of nitrogens with zero attached hydrogens (tertiary/aromatic N) is 4. The molecule has 0 unspecified atom stereocenters. The summed E-state index contributed by atoms with van der Waals surface area (Å²) in [5.74, 6) is 0.829. The van der Waals surface area contributed by atoms with Crippen LogP contribution in [0.1, 0.15) is 29.9 Å². The Labute approximate surface area is 175 Å². The number of hydrogen-bond donors (Lipinski definition) is 0. The standard InChI is InChI=1S/C21H22N4O4S/c1-15-19(30(26,27)25-10-6-7-11-25)12-18(28-15)20-23-17(13-22)21(29-20)24(2)14-16-8-4-3-5-9-16/h3-5,8-9,12H,6-7,10-11,14H2,1-2H3. The van der Waals surface area contributed by atoms with Crippen molar-refractivity contribution in [3.63, 3.8) is 0 Å². The summed E-state index contributed by atoms with van der Waals surface area (Å²) in [5, 5.41) is 9.49. The largest absolute Gasteiger partial charge is 0.455 e. The molecule has 1 saturated heterocycles. The topological polar surface area (TPSA) is 104 Å². The highest BCUT2D eigenvalue weighted by Crippen LogP contribution is 2.34. The van der Waals surface area contributed by atoms with Crippen LogP contribution in [0.15, 0.2) is 50.1 Å². The second kappa shape index (κ2) is 7.97. The van der Waals surface area contributed by atoms with E-state index in [0.717, 1.165) is 18.4 Å². The molecule has 0 radical (unpaired) electrons. The molecule has 1 aromatic carbocycles. The van der Waals surface area contributed by atoms with E-state index in [1.54, 1.807) is 18.9 Å². The molecule has 0 amide bonds. The van der Waals surface area contributed by atoms with Gasteiger partial charge in [0, 0.05) is 32.7 Å². The fourth-order valence-electron chi connectivity index (χ4n) is 3.57. The lowest BCUT2D eigenvalue weighted by molar-refractivity contribution is 0.469. The van der Waals surface area contributed by atoms with Crippen molar-refractivity contribution in [3.05, 3.63) is 53.4 Å².